The first-order valence-electron chi connectivity index (χ1n) is 9.56. The lowest BCUT2D eigenvalue weighted by Gasteiger charge is -2.42. The molecule has 6 heteroatoms. The molecule has 2 aliphatic carbocycles. The summed E-state index contributed by atoms with van der Waals surface area (Å²) < 4.78 is 0. The summed E-state index contributed by atoms with van der Waals surface area (Å²) in [5.74, 6) is -0.0302. The van der Waals surface area contributed by atoms with Crippen LogP contribution in [0.25, 0.3) is 0 Å². The fraction of sp³-hybridized carbons (Fsp3) is 0.600. The van der Waals surface area contributed by atoms with Crippen LogP contribution in [0, 0.1) is 12.8 Å². The van der Waals surface area contributed by atoms with Gasteiger partial charge in [0.15, 0.2) is 0 Å². The first-order chi connectivity index (χ1) is 12.5. The van der Waals surface area contributed by atoms with Gasteiger partial charge in [0, 0.05) is 37.3 Å². The van der Waals surface area contributed by atoms with Crippen molar-refractivity contribution < 1.29 is 14.7 Å². The molecule has 0 aromatic heterocycles. The van der Waals surface area contributed by atoms with E-state index in [4.69, 9.17) is 5.11 Å². The average molecular weight is 359 g/mol. The standard InChI is InChI=1S/C20H29N3O3/c1-14-4-2-3-5-18(14)21-9-8-19(24)22-16-10-17(11-16)23(13-20(25)26)12-15-6-7-15/h2-5,15-17,21H,6-13H2,1H3,(H,22,24)(H,25,26). The summed E-state index contributed by atoms with van der Waals surface area (Å²) in [6.45, 7) is 3.65. The second-order valence-corrected chi connectivity index (χ2v) is 7.65. The third-order valence-electron chi connectivity index (χ3n) is 5.34. The van der Waals surface area contributed by atoms with E-state index in [1.807, 2.05) is 31.2 Å². The van der Waals surface area contributed by atoms with E-state index in [0.29, 0.717) is 24.9 Å². The number of carbonyl (C=O) groups is 2. The van der Waals surface area contributed by atoms with Gasteiger partial charge in [0.05, 0.1) is 6.54 Å². The minimum Gasteiger partial charge on any atom is -0.480 e. The lowest BCUT2D eigenvalue weighted by molar-refractivity contribution is -0.140. The number of carboxylic acids is 1. The van der Waals surface area contributed by atoms with Gasteiger partial charge in [-0.2, -0.15) is 0 Å². The topological polar surface area (TPSA) is 81.7 Å². The maximum absolute atomic E-state index is 12.1. The number of hydrogen-bond acceptors (Lipinski definition) is 4. The summed E-state index contributed by atoms with van der Waals surface area (Å²) in [7, 11) is 0. The molecular formula is C20H29N3O3. The SMILES string of the molecule is Cc1ccccc1NCCC(=O)NC1CC(N(CC(=O)O)CC2CC2)C1. The Morgan fingerprint density at radius 1 is 1.23 bits per heavy atom. The van der Waals surface area contributed by atoms with Crippen LogP contribution in [-0.4, -0.2) is 53.6 Å². The minimum absolute atomic E-state index is 0.0570. The van der Waals surface area contributed by atoms with E-state index in [1.54, 1.807) is 0 Å². The van der Waals surface area contributed by atoms with Gasteiger partial charge in [-0.15, -0.1) is 0 Å². The Morgan fingerprint density at radius 3 is 2.62 bits per heavy atom. The number of nitrogens with zero attached hydrogens (tertiary/aromatic N) is 1. The predicted octanol–water partition coefficient (Wildman–Crippen LogP) is 2.24. The number of nitrogens with one attached hydrogen (secondary N) is 2. The van der Waals surface area contributed by atoms with E-state index in [2.05, 4.69) is 15.5 Å². The lowest BCUT2D eigenvalue weighted by Crippen LogP contribution is -2.55. The Labute approximate surface area is 155 Å². The number of aliphatic carboxylic acids is 1. The molecule has 0 spiro atoms. The Balaban J connectivity index is 1.34. The highest BCUT2D eigenvalue weighted by atomic mass is 16.4. The molecule has 26 heavy (non-hydrogen) atoms. The highest BCUT2D eigenvalue weighted by molar-refractivity contribution is 5.77. The lowest BCUT2D eigenvalue weighted by atomic mass is 9.85. The monoisotopic (exact) mass is 359 g/mol. The zero-order valence-corrected chi connectivity index (χ0v) is 15.4. The molecule has 0 heterocycles. The van der Waals surface area contributed by atoms with E-state index in [1.165, 1.54) is 18.4 Å². The number of rotatable bonds is 10. The number of carboxylic acid groups (broad SMARTS) is 1. The quantitative estimate of drug-likeness (QED) is 0.597. The van der Waals surface area contributed by atoms with Crippen molar-refractivity contribution in [1.82, 2.24) is 10.2 Å². The summed E-state index contributed by atoms with van der Waals surface area (Å²) in [4.78, 5) is 25.2. The fourth-order valence-corrected chi connectivity index (χ4v) is 3.53. The van der Waals surface area contributed by atoms with Crippen LogP contribution in [0.5, 0.6) is 0 Å². The normalized spacial score (nSPS) is 21.9. The number of aryl methyl sites for hydroxylation is 1. The van der Waals surface area contributed by atoms with Crippen LogP contribution >= 0.6 is 0 Å². The zero-order chi connectivity index (χ0) is 18.5. The number of amides is 1. The molecule has 3 rings (SSSR count). The van der Waals surface area contributed by atoms with Gasteiger partial charge in [-0.25, -0.2) is 0 Å². The van der Waals surface area contributed by atoms with Crippen molar-refractivity contribution in [1.29, 1.82) is 0 Å². The molecule has 0 saturated heterocycles. The molecule has 1 amide bonds. The van der Waals surface area contributed by atoms with Crippen molar-refractivity contribution in [2.24, 2.45) is 5.92 Å². The molecule has 6 nitrogen and oxygen atoms in total. The maximum atomic E-state index is 12.1. The molecule has 2 aliphatic rings. The third kappa shape index (κ3) is 5.46. The molecule has 1 aromatic rings. The van der Waals surface area contributed by atoms with E-state index in [-0.39, 0.29) is 18.5 Å². The van der Waals surface area contributed by atoms with Gasteiger partial charge < -0.3 is 15.7 Å². The van der Waals surface area contributed by atoms with Crippen molar-refractivity contribution in [2.75, 3.05) is 25.0 Å². The molecule has 0 aliphatic heterocycles. The van der Waals surface area contributed by atoms with Crippen molar-refractivity contribution in [3.05, 3.63) is 29.8 Å². The largest absolute Gasteiger partial charge is 0.480 e. The maximum Gasteiger partial charge on any atom is 0.317 e. The highest BCUT2D eigenvalue weighted by Crippen LogP contribution is 2.33. The number of hydrogen-bond donors (Lipinski definition) is 3. The summed E-state index contributed by atoms with van der Waals surface area (Å²) in [5.41, 5.74) is 2.23. The molecule has 0 radical (unpaired) electrons. The zero-order valence-electron chi connectivity index (χ0n) is 15.4. The predicted molar refractivity (Wildman–Crippen MR) is 101 cm³/mol. The molecule has 0 unspecified atom stereocenters. The van der Waals surface area contributed by atoms with Crippen LogP contribution in [0.1, 0.15) is 37.7 Å². The van der Waals surface area contributed by atoms with Crippen LogP contribution in [0.15, 0.2) is 24.3 Å². The van der Waals surface area contributed by atoms with Gasteiger partial charge in [-0.3, -0.25) is 14.5 Å². The van der Waals surface area contributed by atoms with Crippen molar-refractivity contribution >= 4 is 17.6 Å². The molecule has 3 N–H and O–H groups in total. The van der Waals surface area contributed by atoms with Gasteiger partial charge in [0.2, 0.25) is 5.91 Å². The number of benzene rings is 1. The summed E-state index contributed by atoms with van der Waals surface area (Å²) >= 11 is 0. The molecule has 142 valence electrons. The van der Waals surface area contributed by atoms with E-state index in [9.17, 15) is 9.59 Å². The molecule has 0 atom stereocenters. The van der Waals surface area contributed by atoms with Crippen LogP contribution in [0.4, 0.5) is 5.69 Å². The van der Waals surface area contributed by atoms with Crippen LogP contribution < -0.4 is 10.6 Å². The van der Waals surface area contributed by atoms with Crippen LogP contribution in [0.2, 0.25) is 0 Å². The minimum atomic E-state index is -0.764. The van der Waals surface area contributed by atoms with Gasteiger partial charge >= 0.3 is 5.97 Å². The average Bonchev–Trinajstić information content (AvgIpc) is 3.35. The summed E-state index contributed by atoms with van der Waals surface area (Å²) in [5, 5.41) is 15.5. The molecular weight excluding hydrogens is 330 g/mol. The van der Waals surface area contributed by atoms with Crippen LogP contribution in [-0.2, 0) is 9.59 Å². The summed E-state index contributed by atoms with van der Waals surface area (Å²) in [6.07, 6.45) is 4.60. The highest BCUT2D eigenvalue weighted by Gasteiger charge is 2.37. The second kappa shape index (κ2) is 8.54. The molecule has 2 saturated carbocycles. The van der Waals surface area contributed by atoms with Gasteiger partial charge in [0.1, 0.15) is 0 Å². The Bertz CT molecular complexity index is 639. The van der Waals surface area contributed by atoms with E-state index < -0.39 is 5.97 Å². The first kappa shape index (κ1) is 18.7. The van der Waals surface area contributed by atoms with Gasteiger partial charge in [-0.1, -0.05) is 18.2 Å². The third-order valence-corrected chi connectivity index (χ3v) is 5.34. The summed E-state index contributed by atoms with van der Waals surface area (Å²) in [6, 6.07) is 8.51. The fourth-order valence-electron chi connectivity index (χ4n) is 3.53. The van der Waals surface area contributed by atoms with Crippen molar-refractivity contribution in [3.8, 4) is 0 Å². The van der Waals surface area contributed by atoms with Crippen molar-refractivity contribution in [2.45, 2.75) is 51.1 Å². The smallest absolute Gasteiger partial charge is 0.317 e. The number of carbonyl (C=O) groups excluding carboxylic acids is 1. The second-order valence-electron chi connectivity index (χ2n) is 7.65. The van der Waals surface area contributed by atoms with E-state index in [0.717, 1.165) is 25.1 Å². The van der Waals surface area contributed by atoms with Crippen LogP contribution in [0.3, 0.4) is 0 Å². The molecule has 0 bridgehead atoms. The molecule has 2 fully saturated rings. The Hall–Kier alpha value is -2.08. The van der Waals surface area contributed by atoms with E-state index >= 15 is 0 Å². The first-order valence-corrected chi connectivity index (χ1v) is 9.56. The van der Waals surface area contributed by atoms with Crippen molar-refractivity contribution in [3.63, 3.8) is 0 Å². The Kier molecular flexibility index (Phi) is 6.14. The number of para-hydroxylation sites is 1. The Morgan fingerprint density at radius 2 is 1.96 bits per heavy atom. The molecule has 1 aromatic carbocycles. The number of anilines is 1. The van der Waals surface area contributed by atoms with Gasteiger partial charge in [-0.05, 0) is 50.2 Å². The van der Waals surface area contributed by atoms with Gasteiger partial charge in [0.25, 0.3) is 0 Å².